The van der Waals surface area contributed by atoms with E-state index in [-0.39, 0.29) is 12.3 Å². The molecule has 1 amide bonds. The standard InChI is InChI=1S/C18H25NO5/c1-3-4-12-24-15-9-7-14(13-16(15)23-2)8-10-17(20)19-11-5-6-18(21)22/h7-10,13H,3-6,11-12H2,1-2H3,(H,19,20)(H,21,22). The third-order valence-corrected chi connectivity index (χ3v) is 3.24. The first-order chi connectivity index (χ1) is 11.6. The molecule has 0 atom stereocenters. The van der Waals surface area contributed by atoms with E-state index in [9.17, 15) is 9.59 Å². The summed E-state index contributed by atoms with van der Waals surface area (Å²) >= 11 is 0. The Morgan fingerprint density at radius 1 is 1.25 bits per heavy atom. The van der Waals surface area contributed by atoms with Crippen LogP contribution in [0.5, 0.6) is 11.5 Å². The molecule has 0 saturated carbocycles. The first-order valence-electron chi connectivity index (χ1n) is 8.05. The summed E-state index contributed by atoms with van der Waals surface area (Å²) in [6.45, 7) is 3.07. The van der Waals surface area contributed by atoms with Crippen LogP contribution in [0.4, 0.5) is 0 Å². The van der Waals surface area contributed by atoms with E-state index in [2.05, 4.69) is 12.2 Å². The maximum atomic E-state index is 11.7. The van der Waals surface area contributed by atoms with E-state index < -0.39 is 5.97 Å². The zero-order valence-electron chi connectivity index (χ0n) is 14.2. The first-order valence-corrected chi connectivity index (χ1v) is 8.05. The van der Waals surface area contributed by atoms with Gasteiger partial charge in [0, 0.05) is 19.0 Å². The number of ether oxygens (including phenoxy) is 2. The van der Waals surface area contributed by atoms with Crippen LogP contribution in [0, 0.1) is 0 Å². The molecular formula is C18H25NO5. The van der Waals surface area contributed by atoms with Crippen molar-refractivity contribution < 1.29 is 24.2 Å². The Labute approximate surface area is 142 Å². The van der Waals surface area contributed by atoms with E-state index in [1.165, 1.54) is 6.08 Å². The van der Waals surface area contributed by atoms with E-state index in [1.807, 2.05) is 12.1 Å². The smallest absolute Gasteiger partial charge is 0.303 e. The largest absolute Gasteiger partial charge is 0.493 e. The van der Waals surface area contributed by atoms with Gasteiger partial charge < -0.3 is 19.9 Å². The number of hydrogen-bond acceptors (Lipinski definition) is 4. The number of unbranched alkanes of at least 4 members (excludes halogenated alkanes) is 1. The van der Waals surface area contributed by atoms with Crippen LogP contribution in [0.15, 0.2) is 24.3 Å². The number of carbonyl (C=O) groups is 2. The Morgan fingerprint density at radius 2 is 2.04 bits per heavy atom. The lowest BCUT2D eigenvalue weighted by atomic mass is 10.2. The van der Waals surface area contributed by atoms with E-state index in [0.717, 1.165) is 18.4 Å². The zero-order valence-corrected chi connectivity index (χ0v) is 14.2. The van der Waals surface area contributed by atoms with Crippen molar-refractivity contribution in [3.8, 4) is 11.5 Å². The minimum atomic E-state index is -0.867. The van der Waals surface area contributed by atoms with Crippen molar-refractivity contribution >= 4 is 18.0 Å². The van der Waals surface area contributed by atoms with Gasteiger partial charge in [0.25, 0.3) is 0 Å². The fourth-order valence-corrected chi connectivity index (χ4v) is 1.92. The molecule has 2 N–H and O–H groups in total. The molecule has 6 heteroatoms. The molecule has 1 aromatic rings. The molecule has 1 aromatic carbocycles. The van der Waals surface area contributed by atoms with Gasteiger partial charge in [0.05, 0.1) is 13.7 Å². The molecule has 0 unspecified atom stereocenters. The first kappa shape index (κ1) is 19.5. The van der Waals surface area contributed by atoms with Crippen molar-refractivity contribution in [2.45, 2.75) is 32.6 Å². The van der Waals surface area contributed by atoms with Gasteiger partial charge in [0.1, 0.15) is 0 Å². The number of carboxylic acids is 1. The monoisotopic (exact) mass is 335 g/mol. The number of benzene rings is 1. The molecule has 0 radical (unpaired) electrons. The highest BCUT2D eigenvalue weighted by Crippen LogP contribution is 2.28. The van der Waals surface area contributed by atoms with Crippen LogP contribution >= 0.6 is 0 Å². The highest BCUT2D eigenvalue weighted by Gasteiger charge is 2.05. The predicted molar refractivity (Wildman–Crippen MR) is 92.3 cm³/mol. The molecule has 132 valence electrons. The van der Waals surface area contributed by atoms with E-state index in [0.29, 0.717) is 31.1 Å². The fourth-order valence-electron chi connectivity index (χ4n) is 1.92. The fraction of sp³-hybridized carbons (Fsp3) is 0.444. The SMILES string of the molecule is CCCCOc1ccc(C=CC(=O)NCCCC(=O)O)cc1OC. The highest BCUT2D eigenvalue weighted by atomic mass is 16.5. The average Bonchev–Trinajstić information content (AvgIpc) is 2.57. The van der Waals surface area contributed by atoms with Gasteiger partial charge in [-0.3, -0.25) is 9.59 Å². The molecule has 0 aliphatic heterocycles. The van der Waals surface area contributed by atoms with Crippen molar-refractivity contribution in [2.75, 3.05) is 20.3 Å². The molecule has 0 spiro atoms. The normalized spacial score (nSPS) is 10.6. The zero-order chi connectivity index (χ0) is 17.8. The van der Waals surface area contributed by atoms with Gasteiger partial charge in [0.15, 0.2) is 11.5 Å². The van der Waals surface area contributed by atoms with Crippen LogP contribution in [0.3, 0.4) is 0 Å². The topological polar surface area (TPSA) is 84.9 Å². The number of hydrogen-bond donors (Lipinski definition) is 2. The second-order valence-electron chi connectivity index (χ2n) is 5.23. The van der Waals surface area contributed by atoms with Gasteiger partial charge >= 0.3 is 5.97 Å². The number of aliphatic carboxylic acids is 1. The molecule has 0 bridgehead atoms. The molecule has 6 nitrogen and oxygen atoms in total. The third-order valence-electron chi connectivity index (χ3n) is 3.24. The lowest BCUT2D eigenvalue weighted by molar-refractivity contribution is -0.137. The Kier molecular flexibility index (Phi) is 9.04. The molecule has 1 rings (SSSR count). The van der Waals surface area contributed by atoms with Gasteiger partial charge in [-0.05, 0) is 36.6 Å². The van der Waals surface area contributed by atoms with Crippen molar-refractivity contribution in [2.24, 2.45) is 0 Å². The van der Waals surface area contributed by atoms with Crippen molar-refractivity contribution in [1.82, 2.24) is 5.32 Å². The minimum Gasteiger partial charge on any atom is -0.493 e. The van der Waals surface area contributed by atoms with Crippen LogP contribution in [-0.2, 0) is 9.59 Å². The van der Waals surface area contributed by atoms with Crippen LogP contribution in [0.25, 0.3) is 6.08 Å². The Hall–Kier alpha value is -2.50. The number of carbonyl (C=O) groups excluding carboxylic acids is 1. The Balaban J connectivity index is 2.54. The van der Waals surface area contributed by atoms with Crippen molar-refractivity contribution in [1.29, 1.82) is 0 Å². The van der Waals surface area contributed by atoms with Crippen LogP contribution in [-0.4, -0.2) is 37.2 Å². The summed E-state index contributed by atoms with van der Waals surface area (Å²) in [5.41, 5.74) is 0.815. The molecule has 0 saturated heterocycles. The summed E-state index contributed by atoms with van der Waals surface area (Å²) in [6, 6.07) is 5.46. The molecule has 0 aliphatic rings. The lowest BCUT2D eigenvalue weighted by Crippen LogP contribution is -2.22. The number of amides is 1. The molecule has 0 aliphatic carbocycles. The number of carboxylic acid groups (broad SMARTS) is 1. The maximum Gasteiger partial charge on any atom is 0.303 e. The molecular weight excluding hydrogens is 310 g/mol. The van der Waals surface area contributed by atoms with E-state index >= 15 is 0 Å². The van der Waals surface area contributed by atoms with E-state index in [1.54, 1.807) is 19.3 Å². The minimum absolute atomic E-state index is 0.0423. The summed E-state index contributed by atoms with van der Waals surface area (Å²) < 4.78 is 11.0. The van der Waals surface area contributed by atoms with Gasteiger partial charge in [0.2, 0.25) is 5.91 Å². The summed E-state index contributed by atoms with van der Waals surface area (Å²) in [7, 11) is 1.57. The third kappa shape index (κ3) is 7.67. The summed E-state index contributed by atoms with van der Waals surface area (Å²) in [4.78, 5) is 22.0. The number of nitrogens with one attached hydrogen (secondary N) is 1. The summed E-state index contributed by atoms with van der Waals surface area (Å²) in [6.07, 6.45) is 5.57. The molecule has 0 aromatic heterocycles. The maximum absolute atomic E-state index is 11.7. The number of rotatable bonds is 11. The van der Waals surface area contributed by atoms with Crippen LogP contribution in [0.2, 0.25) is 0 Å². The van der Waals surface area contributed by atoms with Crippen LogP contribution < -0.4 is 14.8 Å². The summed E-state index contributed by atoms with van der Waals surface area (Å²) in [5, 5.41) is 11.2. The average molecular weight is 335 g/mol. The molecule has 0 fully saturated rings. The van der Waals surface area contributed by atoms with E-state index in [4.69, 9.17) is 14.6 Å². The van der Waals surface area contributed by atoms with Gasteiger partial charge in [-0.25, -0.2) is 0 Å². The molecule has 24 heavy (non-hydrogen) atoms. The lowest BCUT2D eigenvalue weighted by Gasteiger charge is -2.10. The molecule has 0 heterocycles. The second kappa shape index (κ2) is 11.1. The Morgan fingerprint density at radius 3 is 2.71 bits per heavy atom. The van der Waals surface area contributed by atoms with Crippen molar-refractivity contribution in [3.05, 3.63) is 29.8 Å². The van der Waals surface area contributed by atoms with Gasteiger partial charge in [-0.15, -0.1) is 0 Å². The highest BCUT2D eigenvalue weighted by molar-refractivity contribution is 5.91. The number of methoxy groups -OCH3 is 1. The van der Waals surface area contributed by atoms with Crippen LogP contribution in [0.1, 0.15) is 38.2 Å². The predicted octanol–water partition coefficient (Wildman–Crippen LogP) is 2.87. The quantitative estimate of drug-likeness (QED) is 0.480. The van der Waals surface area contributed by atoms with Gasteiger partial charge in [-0.1, -0.05) is 19.4 Å². The van der Waals surface area contributed by atoms with Gasteiger partial charge in [-0.2, -0.15) is 0 Å². The van der Waals surface area contributed by atoms with Crippen molar-refractivity contribution in [3.63, 3.8) is 0 Å². The second-order valence-corrected chi connectivity index (χ2v) is 5.23. The summed E-state index contributed by atoms with van der Waals surface area (Å²) in [5.74, 6) is 0.173. The Bertz CT molecular complexity index is 569.